The molecule has 1 aromatic carbocycles. The molecule has 6 nitrogen and oxygen atoms in total. The van der Waals surface area contributed by atoms with Gasteiger partial charge in [0.15, 0.2) is 0 Å². The maximum atomic E-state index is 12.4. The van der Waals surface area contributed by atoms with Crippen LogP contribution in [-0.2, 0) is 16.6 Å². The van der Waals surface area contributed by atoms with E-state index in [1.54, 1.807) is 36.7 Å². The molecule has 0 saturated carbocycles. The van der Waals surface area contributed by atoms with Crippen molar-refractivity contribution < 1.29 is 8.42 Å². The molecule has 0 radical (unpaired) electrons. The minimum atomic E-state index is -3.60. The molecule has 21 heavy (non-hydrogen) atoms. The number of benzene rings is 1. The van der Waals surface area contributed by atoms with Gasteiger partial charge < -0.3 is 5.32 Å². The summed E-state index contributed by atoms with van der Waals surface area (Å²) in [7, 11) is -3.60. The van der Waals surface area contributed by atoms with Crippen molar-refractivity contribution in [3.8, 4) is 0 Å². The van der Waals surface area contributed by atoms with Gasteiger partial charge in [0.25, 0.3) is 0 Å². The number of anilines is 1. The molecule has 0 saturated heterocycles. The molecule has 2 rings (SSSR count). The molecule has 0 bridgehead atoms. The smallest absolute Gasteiger partial charge is 0.242 e. The molecule has 2 aromatic rings. The van der Waals surface area contributed by atoms with Crippen LogP contribution in [0.1, 0.15) is 18.3 Å². The molecule has 7 heteroatoms. The van der Waals surface area contributed by atoms with Crippen molar-refractivity contribution in [3.05, 3.63) is 48.0 Å². The predicted molar refractivity (Wildman–Crippen MR) is 81.4 cm³/mol. The fourth-order valence-electron chi connectivity index (χ4n) is 1.79. The maximum Gasteiger partial charge on any atom is 0.242 e. The van der Waals surface area contributed by atoms with E-state index in [2.05, 4.69) is 20.0 Å². The lowest BCUT2D eigenvalue weighted by Gasteiger charge is -2.12. The molecule has 1 heterocycles. The summed E-state index contributed by atoms with van der Waals surface area (Å²) in [5, 5.41) is 3.04. The molecule has 0 unspecified atom stereocenters. The molecular formula is C14H18N4O2S. The average molecular weight is 306 g/mol. The van der Waals surface area contributed by atoms with Gasteiger partial charge in [-0.15, -0.1) is 0 Å². The molecule has 0 fully saturated rings. The number of nitrogens with zero attached hydrogens (tertiary/aromatic N) is 2. The highest BCUT2D eigenvalue weighted by Gasteiger charge is 2.17. The quantitative estimate of drug-likeness (QED) is 0.848. The molecule has 0 atom stereocenters. The summed E-state index contributed by atoms with van der Waals surface area (Å²) in [5.74, 6) is 0. The van der Waals surface area contributed by atoms with Gasteiger partial charge in [-0.25, -0.2) is 13.1 Å². The van der Waals surface area contributed by atoms with E-state index in [-0.39, 0.29) is 11.4 Å². The topological polar surface area (TPSA) is 84.0 Å². The van der Waals surface area contributed by atoms with E-state index in [4.69, 9.17) is 0 Å². The number of hydrogen-bond donors (Lipinski definition) is 2. The predicted octanol–water partition coefficient (Wildman–Crippen LogP) is 1.70. The zero-order chi connectivity index (χ0) is 15.3. The van der Waals surface area contributed by atoms with Crippen LogP contribution >= 0.6 is 0 Å². The molecular weight excluding hydrogens is 288 g/mol. The van der Waals surface area contributed by atoms with E-state index in [0.29, 0.717) is 17.9 Å². The molecule has 1 aromatic heterocycles. The van der Waals surface area contributed by atoms with Crippen molar-refractivity contribution in [2.75, 3.05) is 11.9 Å². The lowest BCUT2D eigenvalue weighted by molar-refractivity contribution is 0.580. The number of rotatable bonds is 6. The summed E-state index contributed by atoms with van der Waals surface area (Å²) in [4.78, 5) is 8.45. The Kier molecular flexibility index (Phi) is 4.87. The Morgan fingerprint density at radius 3 is 2.57 bits per heavy atom. The third-order valence-corrected chi connectivity index (χ3v) is 4.28. The standard InChI is InChI=1S/C14H18N4O2S/c1-3-15-13-6-4-5-7-14(13)21(19,20)18-10-12-9-16-11(2)8-17-12/h4-9,15,18H,3,10H2,1-2H3. The minimum absolute atomic E-state index is 0.107. The van der Waals surface area contributed by atoms with Crippen LogP contribution in [0.3, 0.4) is 0 Å². The molecule has 2 N–H and O–H groups in total. The summed E-state index contributed by atoms with van der Waals surface area (Å²) < 4.78 is 27.3. The first-order chi connectivity index (χ1) is 10.0. The summed E-state index contributed by atoms with van der Waals surface area (Å²) in [6, 6.07) is 6.80. The third kappa shape index (κ3) is 3.99. The van der Waals surface area contributed by atoms with E-state index in [1.165, 1.54) is 0 Å². The Bertz CT molecular complexity index is 699. The van der Waals surface area contributed by atoms with Gasteiger partial charge in [0, 0.05) is 12.7 Å². The van der Waals surface area contributed by atoms with Crippen LogP contribution in [0.4, 0.5) is 5.69 Å². The van der Waals surface area contributed by atoms with E-state index in [0.717, 1.165) is 5.69 Å². The third-order valence-electron chi connectivity index (χ3n) is 2.82. The van der Waals surface area contributed by atoms with E-state index in [9.17, 15) is 8.42 Å². The highest BCUT2D eigenvalue weighted by Crippen LogP contribution is 2.20. The van der Waals surface area contributed by atoms with Crippen LogP contribution < -0.4 is 10.0 Å². The zero-order valence-electron chi connectivity index (χ0n) is 12.0. The lowest BCUT2D eigenvalue weighted by atomic mass is 10.3. The molecule has 0 spiro atoms. The molecule has 112 valence electrons. The second-order valence-corrected chi connectivity index (χ2v) is 6.24. The van der Waals surface area contributed by atoms with Crippen molar-refractivity contribution in [2.45, 2.75) is 25.3 Å². The summed E-state index contributed by atoms with van der Waals surface area (Å²) in [6.07, 6.45) is 3.17. The van der Waals surface area contributed by atoms with Crippen molar-refractivity contribution in [2.24, 2.45) is 0 Å². The maximum absolute atomic E-state index is 12.4. The second kappa shape index (κ2) is 6.64. The molecule has 0 aliphatic carbocycles. The number of aryl methyl sites for hydroxylation is 1. The Balaban J connectivity index is 2.17. The van der Waals surface area contributed by atoms with E-state index in [1.807, 2.05) is 13.8 Å². The monoisotopic (exact) mass is 306 g/mol. The van der Waals surface area contributed by atoms with Gasteiger partial charge in [-0.1, -0.05) is 12.1 Å². The van der Waals surface area contributed by atoms with Gasteiger partial charge in [-0.3, -0.25) is 9.97 Å². The first kappa shape index (κ1) is 15.4. The number of hydrogen-bond acceptors (Lipinski definition) is 5. The largest absolute Gasteiger partial charge is 0.384 e. The number of sulfonamides is 1. The van der Waals surface area contributed by atoms with Crippen LogP contribution in [0, 0.1) is 6.92 Å². The van der Waals surface area contributed by atoms with Crippen molar-refractivity contribution >= 4 is 15.7 Å². The summed E-state index contributed by atoms with van der Waals surface area (Å²) in [6.45, 7) is 4.50. The highest BCUT2D eigenvalue weighted by atomic mass is 32.2. The number of para-hydroxylation sites is 1. The van der Waals surface area contributed by atoms with E-state index < -0.39 is 10.0 Å². The van der Waals surface area contributed by atoms with Gasteiger partial charge >= 0.3 is 0 Å². The fourth-order valence-corrected chi connectivity index (χ4v) is 2.98. The Morgan fingerprint density at radius 2 is 1.90 bits per heavy atom. The van der Waals surface area contributed by atoms with Crippen molar-refractivity contribution in [3.63, 3.8) is 0 Å². The number of nitrogens with one attached hydrogen (secondary N) is 2. The van der Waals surface area contributed by atoms with Crippen LogP contribution in [0.5, 0.6) is 0 Å². The van der Waals surface area contributed by atoms with Gasteiger partial charge in [-0.05, 0) is 26.0 Å². The van der Waals surface area contributed by atoms with E-state index >= 15 is 0 Å². The SMILES string of the molecule is CCNc1ccccc1S(=O)(=O)NCc1cnc(C)cn1. The first-order valence-corrected chi connectivity index (χ1v) is 8.11. The first-order valence-electron chi connectivity index (χ1n) is 6.63. The number of aromatic nitrogens is 2. The molecule has 0 aliphatic heterocycles. The average Bonchev–Trinajstić information content (AvgIpc) is 2.47. The highest BCUT2D eigenvalue weighted by molar-refractivity contribution is 7.89. The van der Waals surface area contributed by atoms with Crippen LogP contribution in [0.15, 0.2) is 41.6 Å². The van der Waals surface area contributed by atoms with Gasteiger partial charge in [0.1, 0.15) is 4.90 Å². The zero-order valence-corrected chi connectivity index (χ0v) is 12.8. The Hall–Kier alpha value is -1.99. The lowest BCUT2D eigenvalue weighted by Crippen LogP contribution is -2.24. The van der Waals surface area contributed by atoms with Crippen LogP contribution in [0.25, 0.3) is 0 Å². The molecule has 0 aliphatic rings. The summed E-state index contributed by atoms with van der Waals surface area (Å²) >= 11 is 0. The van der Waals surface area contributed by atoms with Crippen LogP contribution in [-0.4, -0.2) is 24.9 Å². The Labute approximate surface area is 124 Å². The van der Waals surface area contributed by atoms with Gasteiger partial charge in [0.2, 0.25) is 10.0 Å². The van der Waals surface area contributed by atoms with Gasteiger partial charge in [0.05, 0.1) is 29.8 Å². The minimum Gasteiger partial charge on any atom is -0.384 e. The normalized spacial score (nSPS) is 11.3. The van der Waals surface area contributed by atoms with Crippen LogP contribution in [0.2, 0.25) is 0 Å². The second-order valence-electron chi connectivity index (χ2n) is 4.50. The molecule has 0 amide bonds. The summed E-state index contributed by atoms with van der Waals surface area (Å²) in [5.41, 5.74) is 1.95. The van der Waals surface area contributed by atoms with Crippen molar-refractivity contribution in [1.29, 1.82) is 0 Å². The Morgan fingerprint density at radius 1 is 1.14 bits per heavy atom. The fraction of sp³-hybridized carbons (Fsp3) is 0.286. The van der Waals surface area contributed by atoms with Gasteiger partial charge in [-0.2, -0.15) is 0 Å². The van der Waals surface area contributed by atoms with Crippen molar-refractivity contribution in [1.82, 2.24) is 14.7 Å².